The molecule has 1 amide bonds. The summed E-state index contributed by atoms with van der Waals surface area (Å²) in [6.07, 6.45) is 3.63. The van der Waals surface area contributed by atoms with Crippen LogP contribution < -0.4 is 9.64 Å². The van der Waals surface area contributed by atoms with Crippen LogP contribution in [-0.2, 0) is 4.79 Å². The zero-order valence-electron chi connectivity index (χ0n) is 18.9. The Morgan fingerprint density at radius 2 is 1.71 bits per heavy atom. The van der Waals surface area contributed by atoms with E-state index >= 15 is 0 Å². The first kappa shape index (κ1) is 23.0. The van der Waals surface area contributed by atoms with Crippen molar-refractivity contribution in [2.75, 3.05) is 11.5 Å². The molecule has 0 atom stereocenters. The van der Waals surface area contributed by atoms with E-state index in [1.165, 1.54) is 0 Å². The number of rotatable bonds is 6. The minimum atomic E-state index is -0.148. The molecule has 0 spiro atoms. The van der Waals surface area contributed by atoms with Gasteiger partial charge in [0.15, 0.2) is 0 Å². The predicted octanol–water partition coefficient (Wildman–Crippen LogP) is 8.12. The third-order valence-electron chi connectivity index (χ3n) is 5.57. The van der Waals surface area contributed by atoms with Gasteiger partial charge in [-0.1, -0.05) is 59.6 Å². The van der Waals surface area contributed by atoms with Crippen molar-refractivity contribution in [3.05, 3.63) is 118 Å². The highest BCUT2D eigenvalue weighted by Crippen LogP contribution is 2.37. The number of hydrogen-bond donors (Lipinski definition) is 0. The molecule has 0 saturated heterocycles. The van der Waals surface area contributed by atoms with Gasteiger partial charge < -0.3 is 9.15 Å². The number of carbonyl (C=O) groups is 1. The van der Waals surface area contributed by atoms with Crippen molar-refractivity contribution in [3.63, 3.8) is 0 Å². The van der Waals surface area contributed by atoms with Crippen molar-refractivity contribution in [1.29, 1.82) is 0 Å². The van der Waals surface area contributed by atoms with E-state index in [9.17, 15) is 4.79 Å². The van der Waals surface area contributed by atoms with Gasteiger partial charge in [-0.15, -0.1) is 0 Å². The molecule has 0 saturated carbocycles. The maximum absolute atomic E-state index is 13.6. The van der Waals surface area contributed by atoms with E-state index in [-0.39, 0.29) is 5.91 Å². The number of halogens is 2. The van der Waals surface area contributed by atoms with Crippen LogP contribution in [0, 0.1) is 0 Å². The van der Waals surface area contributed by atoms with Crippen LogP contribution in [0.2, 0.25) is 10.0 Å². The lowest BCUT2D eigenvalue weighted by Crippen LogP contribution is -2.24. The van der Waals surface area contributed by atoms with E-state index in [2.05, 4.69) is 0 Å². The van der Waals surface area contributed by atoms with Gasteiger partial charge in [-0.25, -0.2) is 0 Å². The second-order valence-corrected chi connectivity index (χ2v) is 8.71. The number of ether oxygens (including phenoxy) is 1. The Morgan fingerprint density at radius 1 is 0.886 bits per heavy atom. The van der Waals surface area contributed by atoms with Gasteiger partial charge >= 0.3 is 0 Å². The molecule has 1 aliphatic rings. The van der Waals surface area contributed by atoms with E-state index < -0.39 is 0 Å². The summed E-state index contributed by atoms with van der Waals surface area (Å²) in [4.78, 5) is 15.3. The highest BCUT2D eigenvalue weighted by Gasteiger charge is 2.31. The van der Waals surface area contributed by atoms with Crippen molar-refractivity contribution in [1.82, 2.24) is 0 Å². The first-order valence-electron chi connectivity index (χ1n) is 11.1. The Balaban J connectivity index is 1.53. The first-order chi connectivity index (χ1) is 17.0. The molecule has 2 heterocycles. The van der Waals surface area contributed by atoms with Gasteiger partial charge in [-0.2, -0.15) is 0 Å². The van der Waals surface area contributed by atoms with Crippen LogP contribution >= 0.6 is 23.2 Å². The van der Waals surface area contributed by atoms with Crippen molar-refractivity contribution < 1.29 is 13.9 Å². The Hall–Kier alpha value is -3.73. The zero-order valence-corrected chi connectivity index (χ0v) is 20.4. The van der Waals surface area contributed by atoms with Crippen molar-refractivity contribution in [3.8, 4) is 17.1 Å². The second kappa shape index (κ2) is 9.87. The van der Waals surface area contributed by atoms with Crippen LogP contribution in [0.1, 0.15) is 18.2 Å². The number of furan rings is 1. The van der Waals surface area contributed by atoms with Gasteiger partial charge in [-0.05, 0) is 67.1 Å². The molecule has 0 bridgehead atoms. The lowest BCUT2D eigenvalue weighted by atomic mass is 10.1. The van der Waals surface area contributed by atoms with Gasteiger partial charge in [0, 0.05) is 17.2 Å². The van der Waals surface area contributed by atoms with Gasteiger partial charge in [0.25, 0.3) is 5.91 Å². The summed E-state index contributed by atoms with van der Waals surface area (Å²) in [6, 6.07) is 26.3. The molecule has 35 heavy (non-hydrogen) atoms. The van der Waals surface area contributed by atoms with E-state index in [1.807, 2.05) is 85.8 Å². The summed E-state index contributed by atoms with van der Waals surface area (Å²) in [5, 5.41) is 0.930. The molecule has 6 heteroatoms. The first-order valence-corrected chi connectivity index (χ1v) is 11.9. The van der Waals surface area contributed by atoms with Gasteiger partial charge in [0.2, 0.25) is 0 Å². The van der Waals surface area contributed by atoms with Crippen molar-refractivity contribution in [2.24, 2.45) is 0 Å². The number of anilines is 1. The SMILES string of the molecule is CCOc1cccc(N2C(=O)/C(=C/c3ccc(-c4ccc(Cl)c(Cl)c4)o3)C=C2c2ccccc2)c1. The fourth-order valence-electron chi connectivity index (χ4n) is 3.96. The molecule has 4 nitrogen and oxygen atoms in total. The molecule has 5 rings (SSSR count). The summed E-state index contributed by atoms with van der Waals surface area (Å²) in [5.41, 5.74) is 3.77. The highest BCUT2D eigenvalue weighted by atomic mass is 35.5. The molecular formula is C29H21Cl2NO3. The second-order valence-electron chi connectivity index (χ2n) is 7.90. The van der Waals surface area contributed by atoms with E-state index in [0.717, 1.165) is 22.5 Å². The van der Waals surface area contributed by atoms with Crippen molar-refractivity contribution >= 4 is 46.6 Å². The lowest BCUT2D eigenvalue weighted by Gasteiger charge is -2.21. The predicted molar refractivity (Wildman–Crippen MR) is 142 cm³/mol. The Morgan fingerprint density at radius 3 is 2.49 bits per heavy atom. The standard InChI is InChI=1S/C29H21Cl2NO3/c1-2-34-23-10-6-9-22(18-23)32-27(19-7-4-3-5-8-19)17-21(29(32)33)15-24-12-14-28(35-24)20-11-13-25(30)26(31)16-20/h3-18H,2H2,1H3/b21-15+. The maximum Gasteiger partial charge on any atom is 0.263 e. The highest BCUT2D eigenvalue weighted by molar-refractivity contribution is 6.42. The van der Waals surface area contributed by atoms with Crippen LogP contribution in [0.5, 0.6) is 5.75 Å². The summed E-state index contributed by atoms with van der Waals surface area (Å²) in [5.74, 6) is 1.75. The normalized spacial score (nSPS) is 14.5. The van der Waals surface area contributed by atoms with Crippen LogP contribution in [0.4, 0.5) is 5.69 Å². The quantitative estimate of drug-likeness (QED) is 0.250. The molecule has 0 radical (unpaired) electrons. The summed E-state index contributed by atoms with van der Waals surface area (Å²) in [7, 11) is 0. The smallest absolute Gasteiger partial charge is 0.263 e. The molecule has 1 aliphatic heterocycles. The monoisotopic (exact) mass is 501 g/mol. The lowest BCUT2D eigenvalue weighted by molar-refractivity contribution is -0.113. The number of amides is 1. The summed E-state index contributed by atoms with van der Waals surface area (Å²) >= 11 is 12.2. The fourth-order valence-corrected chi connectivity index (χ4v) is 4.26. The average molecular weight is 502 g/mol. The average Bonchev–Trinajstić information content (AvgIpc) is 3.47. The minimum absolute atomic E-state index is 0.148. The Bertz CT molecular complexity index is 1450. The van der Waals surface area contributed by atoms with E-state index in [1.54, 1.807) is 23.1 Å². The van der Waals surface area contributed by atoms with Gasteiger partial charge in [0.1, 0.15) is 17.3 Å². The third-order valence-corrected chi connectivity index (χ3v) is 6.31. The van der Waals surface area contributed by atoms with Crippen LogP contribution in [0.3, 0.4) is 0 Å². The number of nitrogens with zero attached hydrogens (tertiary/aromatic N) is 1. The Kier molecular flexibility index (Phi) is 6.49. The topological polar surface area (TPSA) is 42.7 Å². The minimum Gasteiger partial charge on any atom is -0.494 e. The molecule has 3 aromatic carbocycles. The van der Waals surface area contributed by atoms with E-state index in [4.69, 9.17) is 32.4 Å². The molecule has 0 unspecified atom stereocenters. The fraction of sp³-hybridized carbons (Fsp3) is 0.0690. The van der Waals surface area contributed by atoms with Crippen LogP contribution in [0.25, 0.3) is 23.1 Å². The largest absolute Gasteiger partial charge is 0.494 e. The summed E-state index contributed by atoms with van der Waals surface area (Å²) in [6.45, 7) is 2.48. The van der Waals surface area contributed by atoms with Crippen LogP contribution in [0.15, 0.2) is 101 Å². The number of hydrogen-bond acceptors (Lipinski definition) is 3. The number of benzene rings is 3. The summed E-state index contributed by atoms with van der Waals surface area (Å²) < 4.78 is 11.7. The molecule has 174 valence electrons. The van der Waals surface area contributed by atoms with Gasteiger partial charge in [0.05, 0.1) is 28.0 Å². The zero-order chi connectivity index (χ0) is 24.4. The van der Waals surface area contributed by atoms with E-state index in [0.29, 0.717) is 39.5 Å². The molecule has 4 aromatic rings. The maximum atomic E-state index is 13.6. The number of carbonyl (C=O) groups excluding carboxylic acids is 1. The molecule has 0 N–H and O–H groups in total. The Labute approximate surface area is 213 Å². The third kappa shape index (κ3) is 4.76. The molecule has 0 fully saturated rings. The van der Waals surface area contributed by atoms with Crippen LogP contribution in [-0.4, -0.2) is 12.5 Å². The molecule has 1 aromatic heterocycles. The molecular weight excluding hydrogens is 481 g/mol. The molecule has 0 aliphatic carbocycles. The van der Waals surface area contributed by atoms with Crippen molar-refractivity contribution in [2.45, 2.75) is 6.92 Å². The van der Waals surface area contributed by atoms with Gasteiger partial charge in [-0.3, -0.25) is 9.69 Å².